The molecule has 3 rings (SSSR count). The van der Waals surface area contributed by atoms with Crippen LogP contribution in [-0.4, -0.2) is 19.6 Å². The van der Waals surface area contributed by atoms with E-state index in [1.165, 1.54) is 16.9 Å². The molecule has 1 N–H and O–H groups in total. The Labute approximate surface area is 121 Å². The lowest BCUT2D eigenvalue weighted by atomic mass is 10.3. The third-order valence-corrected chi connectivity index (χ3v) is 2.97. The quantitative estimate of drug-likeness (QED) is 0.736. The maximum atomic E-state index is 13.7. The highest BCUT2D eigenvalue weighted by atomic mass is 35.5. The first-order valence-electron chi connectivity index (χ1n) is 5.32. The SMILES string of the molecule is Fc1cc(F)c(Nc2cc(Cl)nc3ncnn23)c(Cl)c1. The first kappa shape index (κ1) is 13.0. The van der Waals surface area contributed by atoms with E-state index in [4.69, 9.17) is 23.2 Å². The molecule has 1 aromatic carbocycles. The van der Waals surface area contributed by atoms with Crippen LogP contribution in [0.15, 0.2) is 24.5 Å². The monoisotopic (exact) mass is 315 g/mol. The average molecular weight is 316 g/mol. The maximum absolute atomic E-state index is 13.7. The van der Waals surface area contributed by atoms with Crippen LogP contribution >= 0.6 is 23.2 Å². The van der Waals surface area contributed by atoms with Crippen LogP contribution < -0.4 is 5.32 Å². The summed E-state index contributed by atoms with van der Waals surface area (Å²) in [4.78, 5) is 7.80. The molecule has 0 bridgehead atoms. The van der Waals surface area contributed by atoms with Crippen molar-refractivity contribution in [3.8, 4) is 0 Å². The van der Waals surface area contributed by atoms with E-state index in [1.807, 2.05) is 0 Å². The number of halogens is 4. The van der Waals surface area contributed by atoms with Crippen molar-refractivity contribution in [3.05, 3.63) is 46.3 Å². The summed E-state index contributed by atoms with van der Waals surface area (Å²) in [6.45, 7) is 0. The van der Waals surface area contributed by atoms with Gasteiger partial charge in [0.1, 0.15) is 23.1 Å². The van der Waals surface area contributed by atoms with Gasteiger partial charge in [-0.2, -0.15) is 19.6 Å². The molecule has 0 aliphatic carbocycles. The molecule has 0 radical (unpaired) electrons. The lowest BCUT2D eigenvalue weighted by Crippen LogP contribution is -2.03. The van der Waals surface area contributed by atoms with Crippen LogP contribution in [0.4, 0.5) is 20.3 Å². The maximum Gasteiger partial charge on any atom is 0.255 e. The number of fused-ring (bicyclic) bond motifs is 1. The number of hydrogen-bond acceptors (Lipinski definition) is 4. The van der Waals surface area contributed by atoms with Crippen molar-refractivity contribution in [1.29, 1.82) is 0 Å². The van der Waals surface area contributed by atoms with Crippen LogP contribution in [0.3, 0.4) is 0 Å². The van der Waals surface area contributed by atoms with Crippen LogP contribution in [0.25, 0.3) is 5.78 Å². The summed E-state index contributed by atoms with van der Waals surface area (Å²) in [5.41, 5.74) is -0.0906. The van der Waals surface area contributed by atoms with E-state index in [-0.39, 0.29) is 21.6 Å². The van der Waals surface area contributed by atoms with Gasteiger partial charge in [0.05, 0.1) is 10.7 Å². The molecule has 0 atom stereocenters. The molecule has 20 heavy (non-hydrogen) atoms. The normalized spacial score (nSPS) is 11.0. The molecule has 0 saturated carbocycles. The number of anilines is 2. The molecule has 2 aromatic heterocycles. The third kappa shape index (κ3) is 2.25. The minimum atomic E-state index is -0.837. The average Bonchev–Trinajstić information content (AvgIpc) is 2.81. The van der Waals surface area contributed by atoms with E-state index < -0.39 is 11.6 Å². The number of aromatic nitrogens is 4. The molecule has 0 spiro atoms. The summed E-state index contributed by atoms with van der Waals surface area (Å²) >= 11 is 11.6. The van der Waals surface area contributed by atoms with Crippen LogP contribution in [0.1, 0.15) is 0 Å². The fourth-order valence-electron chi connectivity index (χ4n) is 1.66. The number of nitrogens with one attached hydrogen (secondary N) is 1. The highest BCUT2D eigenvalue weighted by molar-refractivity contribution is 6.33. The predicted molar refractivity (Wildman–Crippen MR) is 70.4 cm³/mol. The number of rotatable bonds is 2. The van der Waals surface area contributed by atoms with E-state index in [9.17, 15) is 8.78 Å². The molecule has 5 nitrogen and oxygen atoms in total. The number of hydrogen-bond donors (Lipinski definition) is 1. The van der Waals surface area contributed by atoms with Gasteiger partial charge in [-0.1, -0.05) is 23.2 Å². The van der Waals surface area contributed by atoms with Gasteiger partial charge in [0.2, 0.25) is 0 Å². The fourth-order valence-corrected chi connectivity index (χ4v) is 2.08. The van der Waals surface area contributed by atoms with E-state index in [2.05, 4.69) is 20.4 Å². The van der Waals surface area contributed by atoms with Gasteiger partial charge in [0, 0.05) is 12.1 Å². The fraction of sp³-hybridized carbons (Fsp3) is 0. The number of nitrogens with zero attached hydrogens (tertiary/aromatic N) is 4. The smallest absolute Gasteiger partial charge is 0.255 e. The van der Waals surface area contributed by atoms with Gasteiger partial charge >= 0.3 is 0 Å². The van der Waals surface area contributed by atoms with Crippen molar-refractivity contribution in [2.24, 2.45) is 0 Å². The minimum absolute atomic E-state index is 0.0906. The lowest BCUT2D eigenvalue weighted by Gasteiger charge is -2.10. The zero-order valence-corrected chi connectivity index (χ0v) is 11.1. The second-order valence-electron chi connectivity index (χ2n) is 3.81. The molecule has 102 valence electrons. The zero-order chi connectivity index (χ0) is 14.3. The van der Waals surface area contributed by atoms with Crippen molar-refractivity contribution in [1.82, 2.24) is 19.6 Å². The van der Waals surface area contributed by atoms with Gasteiger partial charge < -0.3 is 5.32 Å². The van der Waals surface area contributed by atoms with Crippen LogP contribution in [-0.2, 0) is 0 Å². The van der Waals surface area contributed by atoms with Crippen LogP contribution in [0.2, 0.25) is 10.2 Å². The van der Waals surface area contributed by atoms with Crippen molar-refractivity contribution < 1.29 is 8.78 Å². The first-order chi connectivity index (χ1) is 9.54. The standard InChI is InChI=1S/C11H5Cl2F2N5/c12-6-1-5(14)2-7(15)10(6)19-9-3-8(13)18-11-16-4-17-20(9)11/h1-4,19H. The summed E-state index contributed by atoms with van der Waals surface area (Å²) < 4.78 is 28.1. The Morgan fingerprint density at radius 3 is 2.70 bits per heavy atom. The Bertz CT molecular complexity index is 782. The molecule has 0 saturated heterocycles. The number of benzene rings is 1. The van der Waals surface area contributed by atoms with Gasteiger partial charge in [0.25, 0.3) is 5.78 Å². The molecule has 0 amide bonds. The Kier molecular flexibility index (Phi) is 3.15. The summed E-state index contributed by atoms with van der Waals surface area (Å²) in [5, 5.41) is 6.65. The zero-order valence-electron chi connectivity index (χ0n) is 9.61. The van der Waals surface area contributed by atoms with E-state index in [0.717, 1.165) is 12.1 Å². The van der Waals surface area contributed by atoms with Crippen LogP contribution in [0.5, 0.6) is 0 Å². The molecule has 0 unspecified atom stereocenters. The Morgan fingerprint density at radius 1 is 1.15 bits per heavy atom. The Balaban J connectivity index is 2.12. The van der Waals surface area contributed by atoms with Gasteiger partial charge in [-0.05, 0) is 6.07 Å². The summed E-state index contributed by atoms with van der Waals surface area (Å²) in [6.07, 6.45) is 1.27. The molecular weight excluding hydrogens is 311 g/mol. The first-order valence-corrected chi connectivity index (χ1v) is 6.08. The highest BCUT2D eigenvalue weighted by Crippen LogP contribution is 2.29. The van der Waals surface area contributed by atoms with Crippen LogP contribution in [0, 0.1) is 11.6 Å². The predicted octanol–water partition coefficient (Wildman–Crippen LogP) is 3.45. The van der Waals surface area contributed by atoms with Gasteiger partial charge in [-0.15, -0.1) is 0 Å². The molecule has 0 aliphatic rings. The van der Waals surface area contributed by atoms with E-state index in [1.54, 1.807) is 0 Å². The molecule has 9 heteroatoms. The Morgan fingerprint density at radius 2 is 1.95 bits per heavy atom. The van der Waals surface area contributed by atoms with Crippen molar-refractivity contribution >= 4 is 40.5 Å². The summed E-state index contributed by atoms with van der Waals surface area (Å²) in [5.74, 6) is -1.07. The molecule has 2 heterocycles. The van der Waals surface area contributed by atoms with Gasteiger partial charge in [-0.3, -0.25) is 0 Å². The third-order valence-electron chi connectivity index (χ3n) is 2.48. The molecule has 0 fully saturated rings. The minimum Gasteiger partial charge on any atom is -0.336 e. The van der Waals surface area contributed by atoms with Crippen molar-refractivity contribution in [3.63, 3.8) is 0 Å². The summed E-state index contributed by atoms with van der Waals surface area (Å²) in [6, 6.07) is 3.13. The second-order valence-corrected chi connectivity index (χ2v) is 4.60. The molecule has 3 aromatic rings. The lowest BCUT2D eigenvalue weighted by molar-refractivity contribution is 0.586. The second kappa shape index (κ2) is 4.84. The van der Waals surface area contributed by atoms with Crippen molar-refractivity contribution in [2.45, 2.75) is 0 Å². The van der Waals surface area contributed by atoms with Gasteiger partial charge in [-0.25, -0.2) is 8.78 Å². The molecular formula is C11H5Cl2F2N5. The summed E-state index contributed by atoms with van der Waals surface area (Å²) in [7, 11) is 0. The van der Waals surface area contributed by atoms with E-state index in [0.29, 0.717) is 5.82 Å². The van der Waals surface area contributed by atoms with Crippen molar-refractivity contribution in [2.75, 3.05) is 5.32 Å². The largest absolute Gasteiger partial charge is 0.336 e. The highest BCUT2D eigenvalue weighted by Gasteiger charge is 2.13. The molecule has 0 aliphatic heterocycles. The Hall–Kier alpha value is -1.99. The topological polar surface area (TPSA) is 55.1 Å². The van der Waals surface area contributed by atoms with E-state index >= 15 is 0 Å². The van der Waals surface area contributed by atoms with Gasteiger partial charge in [0.15, 0.2) is 5.82 Å².